The maximum absolute atomic E-state index is 12.6. The van der Waals surface area contributed by atoms with Crippen molar-refractivity contribution in [1.82, 2.24) is 9.97 Å². The SMILES string of the molecule is CCCCN(C)c1cc(C(=O)Nc2ccccc2OCC)nc(C)n1. The summed E-state index contributed by atoms with van der Waals surface area (Å²) in [6.07, 6.45) is 2.18. The first-order chi connectivity index (χ1) is 12.0. The third-order valence-corrected chi connectivity index (χ3v) is 3.73. The second-order valence-electron chi connectivity index (χ2n) is 5.82. The number of carbonyl (C=O) groups is 1. The number of aromatic nitrogens is 2. The molecule has 0 aliphatic rings. The van der Waals surface area contributed by atoms with E-state index >= 15 is 0 Å². The van der Waals surface area contributed by atoms with Crippen LogP contribution < -0.4 is 15.0 Å². The van der Waals surface area contributed by atoms with Gasteiger partial charge in [-0.25, -0.2) is 9.97 Å². The molecule has 1 aromatic carbocycles. The first-order valence-corrected chi connectivity index (χ1v) is 8.65. The molecule has 0 fully saturated rings. The standard InChI is InChI=1S/C19H26N4O2/c1-5-7-12-23(4)18-13-16(20-14(3)21-18)19(24)22-15-10-8-9-11-17(15)25-6-2/h8-11,13H,5-7,12H2,1-4H3,(H,22,24). The number of unbranched alkanes of at least 4 members (excludes halogenated alkanes) is 1. The fraction of sp³-hybridized carbons (Fsp3) is 0.421. The van der Waals surface area contributed by atoms with Crippen molar-refractivity contribution in [3.8, 4) is 5.75 Å². The Morgan fingerprint density at radius 2 is 2.00 bits per heavy atom. The molecule has 6 heteroatoms. The summed E-state index contributed by atoms with van der Waals surface area (Å²) in [7, 11) is 1.98. The van der Waals surface area contributed by atoms with Gasteiger partial charge in [-0.1, -0.05) is 25.5 Å². The topological polar surface area (TPSA) is 67.4 Å². The molecule has 1 heterocycles. The number of hydrogen-bond acceptors (Lipinski definition) is 5. The molecular formula is C19H26N4O2. The van der Waals surface area contributed by atoms with Gasteiger partial charge in [0.05, 0.1) is 12.3 Å². The van der Waals surface area contributed by atoms with Crippen LogP contribution in [0.2, 0.25) is 0 Å². The van der Waals surface area contributed by atoms with Crippen molar-refractivity contribution in [3.63, 3.8) is 0 Å². The number of carbonyl (C=O) groups excluding carboxylic acids is 1. The molecular weight excluding hydrogens is 316 g/mol. The molecule has 0 unspecified atom stereocenters. The highest BCUT2D eigenvalue weighted by atomic mass is 16.5. The van der Waals surface area contributed by atoms with Crippen molar-refractivity contribution in [2.24, 2.45) is 0 Å². The molecule has 2 rings (SSSR count). The van der Waals surface area contributed by atoms with Crippen molar-refractivity contribution in [1.29, 1.82) is 0 Å². The third kappa shape index (κ3) is 5.17. The van der Waals surface area contributed by atoms with Gasteiger partial charge < -0.3 is 15.0 Å². The number of aryl methyl sites for hydroxylation is 1. The van der Waals surface area contributed by atoms with Crippen molar-refractivity contribution >= 4 is 17.4 Å². The molecule has 0 atom stereocenters. The lowest BCUT2D eigenvalue weighted by Crippen LogP contribution is -2.22. The van der Waals surface area contributed by atoms with Crippen LogP contribution in [0.4, 0.5) is 11.5 Å². The second-order valence-corrected chi connectivity index (χ2v) is 5.82. The Kier molecular flexibility index (Phi) is 6.74. The van der Waals surface area contributed by atoms with Gasteiger partial charge in [-0.2, -0.15) is 0 Å². The molecule has 1 amide bonds. The number of amides is 1. The molecule has 2 aromatic rings. The van der Waals surface area contributed by atoms with Crippen molar-refractivity contribution in [2.45, 2.75) is 33.6 Å². The molecule has 0 bridgehead atoms. The van der Waals surface area contributed by atoms with E-state index in [9.17, 15) is 4.79 Å². The van der Waals surface area contributed by atoms with E-state index in [-0.39, 0.29) is 5.91 Å². The number of ether oxygens (including phenoxy) is 1. The number of nitrogens with zero attached hydrogens (tertiary/aromatic N) is 3. The Bertz CT molecular complexity index is 718. The molecule has 134 valence electrons. The van der Waals surface area contributed by atoms with Crippen LogP contribution in [0.25, 0.3) is 0 Å². The maximum Gasteiger partial charge on any atom is 0.274 e. The summed E-state index contributed by atoms with van der Waals surface area (Å²) in [5.74, 6) is 1.69. The van der Waals surface area contributed by atoms with Crippen molar-refractivity contribution in [2.75, 3.05) is 30.4 Å². The Hall–Kier alpha value is -2.63. The number of benzene rings is 1. The van der Waals surface area contributed by atoms with Gasteiger partial charge in [0.15, 0.2) is 0 Å². The van der Waals surface area contributed by atoms with Crippen LogP contribution in [0, 0.1) is 6.92 Å². The van der Waals surface area contributed by atoms with E-state index in [1.165, 1.54) is 0 Å². The van der Waals surface area contributed by atoms with Crippen LogP contribution in [0.15, 0.2) is 30.3 Å². The summed E-state index contributed by atoms with van der Waals surface area (Å²) in [6.45, 7) is 7.27. The van der Waals surface area contributed by atoms with E-state index in [2.05, 4.69) is 22.2 Å². The molecule has 0 radical (unpaired) electrons. The average molecular weight is 342 g/mol. The van der Waals surface area contributed by atoms with E-state index in [4.69, 9.17) is 4.74 Å². The van der Waals surface area contributed by atoms with Gasteiger partial charge in [0.25, 0.3) is 5.91 Å². The largest absolute Gasteiger partial charge is 0.492 e. The number of nitrogens with one attached hydrogen (secondary N) is 1. The third-order valence-electron chi connectivity index (χ3n) is 3.73. The first kappa shape index (κ1) is 18.7. The Morgan fingerprint density at radius 1 is 1.24 bits per heavy atom. The summed E-state index contributed by atoms with van der Waals surface area (Å²) in [5, 5.41) is 2.88. The summed E-state index contributed by atoms with van der Waals surface area (Å²) in [5.41, 5.74) is 0.976. The maximum atomic E-state index is 12.6. The summed E-state index contributed by atoms with van der Waals surface area (Å²) >= 11 is 0. The fourth-order valence-electron chi connectivity index (χ4n) is 2.41. The van der Waals surface area contributed by atoms with E-state index in [1.807, 2.05) is 43.1 Å². The minimum Gasteiger partial charge on any atom is -0.492 e. The van der Waals surface area contributed by atoms with Crippen molar-refractivity contribution < 1.29 is 9.53 Å². The summed E-state index contributed by atoms with van der Waals surface area (Å²) in [6, 6.07) is 9.09. The molecule has 6 nitrogen and oxygen atoms in total. The van der Waals surface area contributed by atoms with E-state index in [0.717, 1.165) is 25.2 Å². The van der Waals surface area contributed by atoms with Gasteiger partial charge in [0.1, 0.15) is 23.1 Å². The Balaban J connectivity index is 2.20. The predicted molar refractivity (Wildman–Crippen MR) is 101 cm³/mol. The van der Waals surface area contributed by atoms with Gasteiger partial charge in [0, 0.05) is 19.7 Å². The predicted octanol–water partition coefficient (Wildman–Crippen LogP) is 3.67. The molecule has 0 saturated heterocycles. The van der Waals surface area contributed by atoms with Gasteiger partial charge in [-0.15, -0.1) is 0 Å². The lowest BCUT2D eigenvalue weighted by Gasteiger charge is -2.18. The summed E-state index contributed by atoms with van der Waals surface area (Å²) in [4.78, 5) is 23.4. The quantitative estimate of drug-likeness (QED) is 0.793. The van der Waals surface area contributed by atoms with Gasteiger partial charge in [-0.05, 0) is 32.4 Å². The zero-order valence-electron chi connectivity index (χ0n) is 15.4. The molecule has 1 aromatic heterocycles. The molecule has 0 aliphatic carbocycles. The van der Waals surface area contributed by atoms with Gasteiger partial charge in [0.2, 0.25) is 0 Å². The van der Waals surface area contributed by atoms with Crippen LogP contribution in [-0.4, -0.2) is 36.1 Å². The molecule has 25 heavy (non-hydrogen) atoms. The number of hydrogen-bond donors (Lipinski definition) is 1. The van der Waals surface area contributed by atoms with E-state index in [1.54, 1.807) is 13.0 Å². The van der Waals surface area contributed by atoms with E-state index < -0.39 is 0 Å². The average Bonchev–Trinajstić information content (AvgIpc) is 2.61. The molecule has 1 N–H and O–H groups in total. The van der Waals surface area contributed by atoms with Crippen LogP contribution in [0.3, 0.4) is 0 Å². The minimum absolute atomic E-state index is 0.275. The van der Waals surface area contributed by atoms with Gasteiger partial charge in [-0.3, -0.25) is 4.79 Å². The smallest absolute Gasteiger partial charge is 0.274 e. The molecule has 0 saturated carbocycles. The van der Waals surface area contributed by atoms with Crippen LogP contribution in [-0.2, 0) is 0 Å². The number of para-hydroxylation sites is 2. The summed E-state index contributed by atoms with van der Waals surface area (Å²) < 4.78 is 5.55. The monoisotopic (exact) mass is 342 g/mol. The van der Waals surface area contributed by atoms with Crippen LogP contribution >= 0.6 is 0 Å². The highest BCUT2D eigenvalue weighted by Crippen LogP contribution is 2.24. The zero-order chi connectivity index (χ0) is 18.2. The second kappa shape index (κ2) is 9.01. The molecule has 0 aliphatic heterocycles. The van der Waals surface area contributed by atoms with Gasteiger partial charge >= 0.3 is 0 Å². The Morgan fingerprint density at radius 3 is 2.72 bits per heavy atom. The minimum atomic E-state index is -0.275. The number of anilines is 2. The Labute approximate surface area is 149 Å². The fourth-order valence-corrected chi connectivity index (χ4v) is 2.41. The number of rotatable bonds is 8. The lowest BCUT2D eigenvalue weighted by atomic mass is 10.2. The highest BCUT2D eigenvalue weighted by molar-refractivity contribution is 6.04. The van der Waals surface area contributed by atoms with Crippen LogP contribution in [0.1, 0.15) is 43.0 Å². The zero-order valence-corrected chi connectivity index (χ0v) is 15.4. The first-order valence-electron chi connectivity index (χ1n) is 8.65. The normalized spacial score (nSPS) is 10.4. The van der Waals surface area contributed by atoms with Crippen molar-refractivity contribution in [3.05, 3.63) is 41.9 Å². The molecule has 0 spiro atoms. The van der Waals surface area contributed by atoms with Crippen LogP contribution in [0.5, 0.6) is 5.75 Å². The highest BCUT2D eigenvalue weighted by Gasteiger charge is 2.14. The lowest BCUT2D eigenvalue weighted by molar-refractivity contribution is 0.102. The van der Waals surface area contributed by atoms with E-state index in [0.29, 0.717) is 29.6 Å².